The van der Waals surface area contributed by atoms with Gasteiger partial charge in [0.2, 0.25) is 0 Å². The number of allylic oxidation sites excluding steroid dienone is 2. The number of esters is 3. The van der Waals surface area contributed by atoms with Crippen LogP contribution in [-0.4, -0.2) is 50.2 Å². The van der Waals surface area contributed by atoms with E-state index in [1.54, 1.807) is 39.8 Å². The molecule has 0 spiro atoms. The van der Waals surface area contributed by atoms with Crippen molar-refractivity contribution in [1.82, 2.24) is 10.6 Å². The maximum absolute atomic E-state index is 13.2. The summed E-state index contributed by atoms with van der Waals surface area (Å²) in [5.41, 5.74) is 1.37. The molecule has 0 bridgehead atoms. The molecule has 0 fully saturated rings. The molecule has 11 heteroatoms. The fourth-order valence-corrected chi connectivity index (χ4v) is 4.81. The van der Waals surface area contributed by atoms with Gasteiger partial charge in [-0.1, -0.05) is 42.6 Å². The fraction of sp³-hybridized carbons (Fsp3) is 0.481. The summed E-state index contributed by atoms with van der Waals surface area (Å²) >= 11 is 12.4. The van der Waals surface area contributed by atoms with Gasteiger partial charge in [-0.15, -0.1) is 0 Å². The van der Waals surface area contributed by atoms with Crippen molar-refractivity contribution in [2.45, 2.75) is 53.4 Å². The predicted molar refractivity (Wildman–Crippen MR) is 143 cm³/mol. The van der Waals surface area contributed by atoms with Crippen LogP contribution in [0.25, 0.3) is 0 Å². The highest BCUT2D eigenvalue weighted by Gasteiger charge is 2.42. The van der Waals surface area contributed by atoms with Gasteiger partial charge in [-0.25, -0.2) is 9.59 Å². The zero-order valence-corrected chi connectivity index (χ0v) is 23.8. The number of benzene rings is 1. The first-order valence-electron chi connectivity index (χ1n) is 12.5. The molecular weight excluding hydrogens is 535 g/mol. The second kappa shape index (κ2) is 14.8. The second-order valence-corrected chi connectivity index (χ2v) is 9.48. The van der Waals surface area contributed by atoms with Crippen molar-refractivity contribution in [3.63, 3.8) is 0 Å². The molecule has 2 N–H and O–H groups in total. The van der Waals surface area contributed by atoms with Crippen molar-refractivity contribution in [1.29, 1.82) is 0 Å². The van der Waals surface area contributed by atoms with E-state index in [1.807, 2.05) is 13.0 Å². The molecule has 1 aliphatic heterocycles. The highest BCUT2D eigenvalue weighted by molar-refractivity contribution is 6.35. The monoisotopic (exact) mass is 568 g/mol. The molecule has 1 aromatic carbocycles. The topological polar surface area (TPSA) is 120 Å². The molecule has 0 saturated carbocycles. The minimum atomic E-state index is -1.41. The summed E-state index contributed by atoms with van der Waals surface area (Å²) in [4.78, 5) is 51.3. The largest absolute Gasteiger partial charge is 0.463 e. The van der Waals surface area contributed by atoms with Crippen molar-refractivity contribution in [3.05, 3.63) is 56.3 Å². The molecule has 0 aromatic heterocycles. The van der Waals surface area contributed by atoms with E-state index in [-0.39, 0.29) is 36.8 Å². The van der Waals surface area contributed by atoms with E-state index < -0.39 is 36.3 Å². The summed E-state index contributed by atoms with van der Waals surface area (Å²) in [6.07, 6.45) is 1.62. The van der Waals surface area contributed by atoms with Crippen molar-refractivity contribution in [2.75, 3.05) is 26.4 Å². The summed E-state index contributed by atoms with van der Waals surface area (Å²) in [5.74, 6) is -4.54. The molecule has 1 aromatic rings. The van der Waals surface area contributed by atoms with Crippen LogP contribution in [0.2, 0.25) is 10.0 Å². The van der Waals surface area contributed by atoms with Gasteiger partial charge < -0.3 is 24.8 Å². The molecule has 208 valence electrons. The first-order valence-corrected chi connectivity index (χ1v) is 13.2. The smallest absolute Gasteiger partial charge is 0.337 e. The van der Waals surface area contributed by atoms with Crippen LogP contribution in [0.15, 0.2) is 40.7 Å². The summed E-state index contributed by atoms with van der Waals surface area (Å²) in [7, 11) is 0. The molecule has 1 heterocycles. The quantitative estimate of drug-likeness (QED) is 0.280. The summed E-state index contributed by atoms with van der Waals surface area (Å²) in [6.45, 7) is 8.21. The summed E-state index contributed by atoms with van der Waals surface area (Å²) < 4.78 is 15.5. The lowest BCUT2D eigenvalue weighted by Gasteiger charge is -2.28. The van der Waals surface area contributed by atoms with Gasteiger partial charge in [0.25, 0.3) is 5.91 Å². The lowest BCUT2D eigenvalue weighted by molar-refractivity contribution is -0.154. The third kappa shape index (κ3) is 7.98. The Labute approximate surface area is 232 Å². The van der Waals surface area contributed by atoms with Crippen molar-refractivity contribution in [2.24, 2.45) is 5.92 Å². The van der Waals surface area contributed by atoms with E-state index in [0.717, 1.165) is 18.4 Å². The molecule has 0 radical (unpaired) electrons. The maximum atomic E-state index is 13.2. The molecule has 0 aliphatic carbocycles. The molecule has 9 nitrogen and oxygen atoms in total. The molecule has 0 saturated heterocycles. The van der Waals surface area contributed by atoms with Gasteiger partial charge in [0.15, 0.2) is 6.61 Å². The number of amides is 1. The lowest BCUT2D eigenvalue weighted by atomic mass is 9.85. The molecule has 1 amide bonds. The molecule has 0 unspecified atom stereocenters. The average Bonchev–Trinajstić information content (AvgIpc) is 2.85. The Balaban J connectivity index is 2.17. The second-order valence-electron chi connectivity index (χ2n) is 8.64. The van der Waals surface area contributed by atoms with Crippen LogP contribution < -0.4 is 10.6 Å². The van der Waals surface area contributed by atoms with Gasteiger partial charge in [0.05, 0.1) is 24.4 Å². The van der Waals surface area contributed by atoms with Crippen molar-refractivity contribution < 1.29 is 33.4 Å². The maximum Gasteiger partial charge on any atom is 0.337 e. The Morgan fingerprint density at radius 1 is 0.947 bits per heavy atom. The first-order chi connectivity index (χ1) is 18.0. The molecule has 1 aliphatic rings. The Morgan fingerprint density at radius 3 is 2.03 bits per heavy atom. The SMILES string of the molecule is CCC[C@@H](CNC(=O)COC(=O)C1C(C(=O)OCC)=C(C)NC(C)=C1C(=O)OCC)c1ccc(Cl)cc1Cl. The fourth-order valence-electron chi connectivity index (χ4n) is 4.25. The molecule has 2 rings (SSSR count). The van der Waals surface area contributed by atoms with Gasteiger partial charge in [-0.2, -0.15) is 0 Å². The number of carbonyl (C=O) groups excluding carboxylic acids is 4. The highest BCUT2D eigenvalue weighted by atomic mass is 35.5. The van der Waals surface area contributed by atoms with Crippen LogP contribution >= 0.6 is 23.2 Å². The number of ether oxygens (including phenoxy) is 3. The number of halogens is 2. The van der Waals surface area contributed by atoms with E-state index in [1.165, 1.54) is 0 Å². The van der Waals surface area contributed by atoms with Gasteiger partial charge in [-0.05, 0) is 51.8 Å². The minimum Gasteiger partial charge on any atom is -0.463 e. The standard InChI is InChI=1S/C27H34Cl2N2O7/c1-6-9-17(19-11-10-18(28)12-20(19)29)13-30-21(32)14-38-27(35)24-22(25(33)36-7-2)15(4)31-16(5)23(24)26(34)37-8-3/h10-12,17,24,31H,6-9,13-14H2,1-5H3,(H,30,32)/t17-/m0/s1. The number of nitrogens with one attached hydrogen (secondary N) is 2. The minimum absolute atomic E-state index is 0.0633. The van der Waals surface area contributed by atoms with Gasteiger partial charge in [-0.3, -0.25) is 9.59 Å². The lowest BCUT2D eigenvalue weighted by Crippen LogP contribution is -2.39. The van der Waals surface area contributed by atoms with E-state index in [2.05, 4.69) is 10.6 Å². The Morgan fingerprint density at radius 2 is 1.53 bits per heavy atom. The molecule has 1 atom stereocenters. The van der Waals surface area contributed by atoms with Crippen LogP contribution in [0.5, 0.6) is 0 Å². The zero-order chi connectivity index (χ0) is 28.4. The summed E-state index contributed by atoms with van der Waals surface area (Å²) in [6, 6.07) is 5.21. The summed E-state index contributed by atoms with van der Waals surface area (Å²) in [5, 5.41) is 6.71. The van der Waals surface area contributed by atoms with Crippen LogP contribution in [0, 0.1) is 5.92 Å². The van der Waals surface area contributed by atoms with Gasteiger partial charge in [0.1, 0.15) is 5.92 Å². The predicted octanol–water partition coefficient (Wildman–Crippen LogP) is 4.43. The Bertz CT molecular complexity index is 1090. The van der Waals surface area contributed by atoms with Crippen LogP contribution in [0.3, 0.4) is 0 Å². The van der Waals surface area contributed by atoms with Gasteiger partial charge in [0, 0.05) is 33.9 Å². The molecule has 38 heavy (non-hydrogen) atoms. The third-order valence-corrected chi connectivity index (χ3v) is 6.48. The Kier molecular flexibility index (Phi) is 12.1. The normalized spacial score (nSPS) is 14.5. The van der Waals surface area contributed by atoms with Crippen LogP contribution in [-0.2, 0) is 33.4 Å². The first kappa shape index (κ1) is 31.2. The number of carbonyl (C=O) groups is 4. The zero-order valence-electron chi connectivity index (χ0n) is 22.2. The molecular formula is C27H34Cl2N2O7. The van der Waals surface area contributed by atoms with E-state index in [4.69, 9.17) is 37.4 Å². The van der Waals surface area contributed by atoms with Gasteiger partial charge >= 0.3 is 17.9 Å². The number of dihydropyridines is 1. The third-order valence-electron chi connectivity index (χ3n) is 5.92. The number of hydrogen-bond acceptors (Lipinski definition) is 8. The Hall–Kier alpha value is -3.04. The highest BCUT2D eigenvalue weighted by Crippen LogP contribution is 2.33. The van der Waals surface area contributed by atoms with E-state index in [9.17, 15) is 19.2 Å². The number of hydrogen-bond donors (Lipinski definition) is 2. The average molecular weight is 569 g/mol. The van der Waals surface area contributed by atoms with Crippen LogP contribution in [0.4, 0.5) is 0 Å². The van der Waals surface area contributed by atoms with Crippen LogP contribution in [0.1, 0.15) is 58.9 Å². The number of rotatable bonds is 12. The van der Waals surface area contributed by atoms with Crippen molar-refractivity contribution in [3.8, 4) is 0 Å². The van der Waals surface area contributed by atoms with Crippen molar-refractivity contribution >= 4 is 47.0 Å². The van der Waals surface area contributed by atoms with E-state index in [0.29, 0.717) is 21.4 Å². The van der Waals surface area contributed by atoms with E-state index >= 15 is 0 Å².